The van der Waals surface area contributed by atoms with Crippen molar-refractivity contribution in [3.63, 3.8) is 0 Å². The molecule has 4 heteroatoms. The second kappa shape index (κ2) is 13.5. The topological polar surface area (TPSA) is 53.7 Å². The number of hydrogen-bond acceptors (Lipinski definition) is 4. The summed E-state index contributed by atoms with van der Waals surface area (Å²) in [6.45, 7) is 6.50. The molecule has 0 aromatic carbocycles. The smallest absolute Gasteiger partial charge is 0.0701 e. The maximum atomic E-state index is 6.22. The van der Waals surface area contributed by atoms with Crippen molar-refractivity contribution in [3.05, 3.63) is 0 Å². The summed E-state index contributed by atoms with van der Waals surface area (Å²) in [6.07, 6.45) is 9.87. The standard InChI is InChI=1S/C17H35NO3/c1-2-3-10-19-12-14-21-15-13-20-11-6-9-17(18)16-7-4-5-8-16/h16-17H,2-15,18H2,1H3. The molecule has 0 aromatic rings. The molecular formula is C17H35NO3. The molecule has 21 heavy (non-hydrogen) atoms. The van der Waals surface area contributed by atoms with Gasteiger partial charge in [0.15, 0.2) is 0 Å². The maximum Gasteiger partial charge on any atom is 0.0701 e. The van der Waals surface area contributed by atoms with Crippen LogP contribution in [0.1, 0.15) is 58.3 Å². The molecule has 0 spiro atoms. The van der Waals surface area contributed by atoms with Crippen molar-refractivity contribution < 1.29 is 14.2 Å². The fraction of sp³-hybridized carbons (Fsp3) is 1.00. The van der Waals surface area contributed by atoms with Crippen LogP contribution in [-0.2, 0) is 14.2 Å². The first-order chi connectivity index (χ1) is 10.3. The number of ether oxygens (including phenoxy) is 3. The zero-order valence-corrected chi connectivity index (χ0v) is 13.9. The lowest BCUT2D eigenvalue weighted by molar-refractivity contribution is 0.0131. The molecule has 1 aliphatic carbocycles. The van der Waals surface area contributed by atoms with Crippen LogP contribution < -0.4 is 5.73 Å². The molecule has 4 nitrogen and oxygen atoms in total. The van der Waals surface area contributed by atoms with Crippen LogP contribution in [0.3, 0.4) is 0 Å². The van der Waals surface area contributed by atoms with E-state index in [4.69, 9.17) is 19.9 Å². The number of unbranched alkanes of at least 4 members (excludes halogenated alkanes) is 1. The van der Waals surface area contributed by atoms with Crippen molar-refractivity contribution in [2.75, 3.05) is 39.6 Å². The first-order valence-corrected chi connectivity index (χ1v) is 8.83. The Labute approximate surface area is 130 Å². The minimum absolute atomic E-state index is 0.382. The summed E-state index contributed by atoms with van der Waals surface area (Å²) in [5, 5.41) is 0. The molecule has 1 unspecified atom stereocenters. The molecule has 126 valence electrons. The van der Waals surface area contributed by atoms with E-state index in [0.717, 1.165) is 38.4 Å². The molecule has 1 aliphatic rings. The summed E-state index contributed by atoms with van der Waals surface area (Å²) in [4.78, 5) is 0. The van der Waals surface area contributed by atoms with Crippen molar-refractivity contribution in [1.29, 1.82) is 0 Å². The van der Waals surface area contributed by atoms with Crippen LogP contribution in [-0.4, -0.2) is 45.7 Å². The molecule has 0 heterocycles. The highest BCUT2D eigenvalue weighted by Gasteiger charge is 2.21. The summed E-state index contributed by atoms with van der Waals surface area (Å²) in [7, 11) is 0. The van der Waals surface area contributed by atoms with E-state index in [9.17, 15) is 0 Å². The quantitative estimate of drug-likeness (QED) is 0.501. The van der Waals surface area contributed by atoms with Gasteiger partial charge in [0.2, 0.25) is 0 Å². The van der Waals surface area contributed by atoms with E-state index in [-0.39, 0.29) is 0 Å². The second-order valence-electron chi connectivity index (χ2n) is 6.04. The van der Waals surface area contributed by atoms with Crippen LogP contribution in [0.5, 0.6) is 0 Å². The molecule has 1 saturated carbocycles. The van der Waals surface area contributed by atoms with E-state index in [1.807, 2.05) is 0 Å². The Morgan fingerprint density at radius 1 is 0.857 bits per heavy atom. The van der Waals surface area contributed by atoms with Gasteiger partial charge in [-0.3, -0.25) is 0 Å². The molecule has 1 atom stereocenters. The highest BCUT2D eigenvalue weighted by molar-refractivity contribution is 4.77. The van der Waals surface area contributed by atoms with Crippen LogP contribution in [0.15, 0.2) is 0 Å². The van der Waals surface area contributed by atoms with Crippen molar-refractivity contribution in [2.45, 2.75) is 64.3 Å². The molecule has 0 radical (unpaired) electrons. The van der Waals surface area contributed by atoms with E-state index in [1.165, 1.54) is 32.1 Å². The van der Waals surface area contributed by atoms with Crippen molar-refractivity contribution in [2.24, 2.45) is 11.7 Å². The monoisotopic (exact) mass is 301 g/mol. The summed E-state index contributed by atoms with van der Waals surface area (Å²) in [5.41, 5.74) is 6.22. The zero-order valence-electron chi connectivity index (χ0n) is 13.9. The fourth-order valence-electron chi connectivity index (χ4n) is 2.83. The lowest BCUT2D eigenvalue weighted by atomic mass is 9.95. The van der Waals surface area contributed by atoms with Gasteiger partial charge in [0.05, 0.1) is 26.4 Å². The summed E-state index contributed by atoms with van der Waals surface area (Å²) < 4.78 is 16.4. The lowest BCUT2D eigenvalue weighted by Gasteiger charge is -2.18. The molecule has 0 amide bonds. The Morgan fingerprint density at radius 3 is 1.95 bits per heavy atom. The zero-order chi connectivity index (χ0) is 15.2. The highest BCUT2D eigenvalue weighted by atomic mass is 16.5. The molecule has 0 bridgehead atoms. The Balaban J connectivity index is 1.74. The third kappa shape index (κ3) is 10.2. The normalized spacial score (nSPS) is 17.4. The van der Waals surface area contributed by atoms with E-state index < -0.39 is 0 Å². The number of hydrogen-bond donors (Lipinski definition) is 1. The van der Waals surface area contributed by atoms with Crippen molar-refractivity contribution >= 4 is 0 Å². The van der Waals surface area contributed by atoms with Crippen LogP contribution in [0.2, 0.25) is 0 Å². The summed E-state index contributed by atoms with van der Waals surface area (Å²) >= 11 is 0. The Kier molecular flexibility index (Phi) is 12.1. The lowest BCUT2D eigenvalue weighted by Crippen LogP contribution is -2.28. The molecule has 0 aliphatic heterocycles. The van der Waals surface area contributed by atoms with Gasteiger partial charge >= 0.3 is 0 Å². The van der Waals surface area contributed by atoms with Crippen molar-refractivity contribution in [3.8, 4) is 0 Å². The van der Waals surface area contributed by atoms with Gasteiger partial charge in [-0.1, -0.05) is 26.2 Å². The number of nitrogens with two attached hydrogens (primary N) is 1. The predicted molar refractivity (Wildman–Crippen MR) is 86.5 cm³/mol. The molecule has 2 N–H and O–H groups in total. The summed E-state index contributed by atoms with van der Waals surface area (Å²) in [6, 6.07) is 0.382. The molecule has 1 rings (SSSR count). The second-order valence-corrected chi connectivity index (χ2v) is 6.04. The van der Waals surface area contributed by atoms with Gasteiger partial charge in [-0.25, -0.2) is 0 Å². The third-order valence-electron chi connectivity index (χ3n) is 4.22. The third-order valence-corrected chi connectivity index (χ3v) is 4.22. The van der Waals surface area contributed by atoms with Crippen LogP contribution in [0, 0.1) is 5.92 Å². The average Bonchev–Trinajstić information content (AvgIpc) is 3.02. The van der Waals surface area contributed by atoms with Gasteiger partial charge in [0.25, 0.3) is 0 Å². The minimum Gasteiger partial charge on any atom is -0.379 e. The van der Waals surface area contributed by atoms with Crippen LogP contribution >= 0.6 is 0 Å². The van der Waals surface area contributed by atoms with E-state index in [2.05, 4.69) is 6.92 Å². The molecule has 0 aromatic heterocycles. The Morgan fingerprint density at radius 2 is 1.38 bits per heavy atom. The van der Waals surface area contributed by atoms with Gasteiger partial charge in [-0.2, -0.15) is 0 Å². The highest BCUT2D eigenvalue weighted by Crippen LogP contribution is 2.28. The Bertz CT molecular complexity index is 220. The van der Waals surface area contributed by atoms with Gasteiger partial charge in [-0.15, -0.1) is 0 Å². The van der Waals surface area contributed by atoms with Crippen LogP contribution in [0.25, 0.3) is 0 Å². The van der Waals surface area contributed by atoms with Gasteiger partial charge in [-0.05, 0) is 38.0 Å². The molecule has 1 fully saturated rings. The average molecular weight is 301 g/mol. The first-order valence-electron chi connectivity index (χ1n) is 8.83. The SMILES string of the molecule is CCCCOCCOCCOCCCC(N)C1CCCC1. The maximum absolute atomic E-state index is 6.22. The van der Waals surface area contributed by atoms with Gasteiger partial charge in [0, 0.05) is 19.3 Å². The van der Waals surface area contributed by atoms with E-state index >= 15 is 0 Å². The van der Waals surface area contributed by atoms with Gasteiger partial charge in [0.1, 0.15) is 0 Å². The van der Waals surface area contributed by atoms with Crippen LogP contribution in [0.4, 0.5) is 0 Å². The fourth-order valence-corrected chi connectivity index (χ4v) is 2.83. The minimum atomic E-state index is 0.382. The van der Waals surface area contributed by atoms with E-state index in [1.54, 1.807) is 0 Å². The first kappa shape index (κ1) is 18.9. The largest absolute Gasteiger partial charge is 0.379 e. The van der Waals surface area contributed by atoms with Gasteiger partial charge < -0.3 is 19.9 Å². The molecular weight excluding hydrogens is 266 g/mol. The predicted octanol–water partition coefficient (Wildman–Crippen LogP) is 3.13. The van der Waals surface area contributed by atoms with E-state index in [0.29, 0.717) is 32.5 Å². The summed E-state index contributed by atoms with van der Waals surface area (Å²) in [5.74, 6) is 0.765. The molecule has 0 saturated heterocycles. The van der Waals surface area contributed by atoms with Crippen molar-refractivity contribution in [1.82, 2.24) is 0 Å². The Hall–Kier alpha value is -0.160. The number of rotatable bonds is 14.